The summed E-state index contributed by atoms with van der Waals surface area (Å²) in [4.78, 5) is 20.2. The smallest absolute Gasteiger partial charge is 0.259 e. The molecule has 0 unspecified atom stereocenters. The van der Waals surface area contributed by atoms with Gasteiger partial charge >= 0.3 is 0 Å². The molecule has 7 heteroatoms. The van der Waals surface area contributed by atoms with E-state index in [0.717, 1.165) is 48.7 Å². The number of amides is 1. The van der Waals surface area contributed by atoms with Crippen LogP contribution < -0.4 is 15.8 Å². The van der Waals surface area contributed by atoms with Crippen LogP contribution in [-0.4, -0.2) is 50.1 Å². The Balaban J connectivity index is 1.97. The monoisotopic (exact) mass is 416 g/mol. The first-order valence-corrected chi connectivity index (χ1v) is 10.9. The van der Waals surface area contributed by atoms with Gasteiger partial charge in [0.1, 0.15) is 5.75 Å². The lowest BCUT2D eigenvalue weighted by molar-refractivity contribution is 0.0976. The van der Waals surface area contributed by atoms with Crippen molar-refractivity contribution in [1.29, 1.82) is 0 Å². The molecule has 3 N–H and O–H groups in total. The zero-order valence-corrected chi connectivity index (χ0v) is 18.6. The molecular weight excluding hydrogens is 384 g/mol. The van der Waals surface area contributed by atoms with Crippen LogP contribution in [-0.2, 0) is 12.8 Å². The number of guanidine groups is 1. The number of ether oxygens (including phenoxy) is 1. The van der Waals surface area contributed by atoms with Crippen molar-refractivity contribution in [2.45, 2.75) is 33.6 Å². The van der Waals surface area contributed by atoms with E-state index in [1.54, 1.807) is 18.4 Å². The number of nitrogens with zero attached hydrogens (tertiary/aromatic N) is 2. The number of rotatable bonds is 10. The Hall–Kier alpha value is -2.38. The molecule has 1 amide bonds. The number of carbonyl (C=O) groups is 1. The fraction of sp³-hybridized carbons (Fsp3) is 0.455. The third-order valence-corrected chi connectivity index (χ3v) is 5.86. The molecule has 0 aliphatic carbocycles. The molecule has 0 aliphatic heterocycles. The lowest BCUT2D eigenvalue weighted by Crippen LogP contribution is -2.37. The van der Waals surface area contributed by atoms with Gasteiger partial charge < -0.3 is 15.4 Å². The molecule has 0 spiro atoms. The number of nitrogens with two attached hydrogens (primary N) is 1. The van der Waals surface area contributed by atoms with Crippen LogP contribution in [0, 0.1) is 6.92 Å². The Morgan fingerprint density at radius 2 is 2.00 bits per heavy atom. The van der Waals surface area contributed by atoms with Crippen molar-refractivity contribution in [1.82, 2.24) is 10.2 Å². The van der Waals surface area contributed by atoms with Crippen LogP contribution in [0.15, 0.2) is 34.6 Å². The van der Waals surface area contributed by atoms with Crippen molar-refractivity contribution in [3.63, 3.8) is 0 Å². The molecule has 1 aromatic heterocycles. The number of methoxy groups -OCH3 is 1. The predicted octanol–water partition coefficient (Wildman–Crippen LogP) is 3.24. The summed E-state index contributed by atoms with van der Waals surface area (Å²) in [6.45, 7) is 9.63. The largest absolute Gasteiger partial charge is 0.496 e. The summed E-state index contributed by atoms with van der Waals surface area (Å²) in [5, 5.41) is 4.65. The molecule has 6 nitrogen and oxygen atoms in total. The first-order valence-electron chi connectivity index (χ1n) is 10.0. The number of carbonyl (C=O) groups excluding carboxylic acids is 1. The van der Waals surface area contributed by atoms with Gasteiger partial charge in [0.05, 0.1) is 19.2 Å². The van der Waals surface area contributed by atoms with Crippen LogP contribution in [0.2, 0.25) is 0 Å². The number of hydrogen-bond acceptors (Lipinski definition) is 5. The van der Waals surface area contributed by atoms with Gasteiger partial charge in [-0.05, 0) is 55.9 Å². The van der Waals surface area contributed by atoms with Gasteiger partial charge in [-0.25, -0.2) is 0 Å². The third kappa shape index (κ3) is 6.87. The van der Waals surface area contributed by atoms with Gasteiger partial charge in [-0.3, -0.25) is 15.1 Å². The van der Waals surface area contributed by atoms with Crippen molar-refractivity contribution in [3.05, 3.63) is 51.2 Å². The van der Waals surface area contributed by atoms with Crippen LogP contribution in [0.5, 0.6) is 5.75 Å². The summed E-state index contributed by atoms with van der Waals surface area (Å²) in [6.07, 6.45) is 1.57. The molecule has 0 aliphatic rings. The molecule has 29 heavy (non-hydrogen) atoms. The number of aliphatic imine (C=N–C) groups is 1. The van der Waals surface area contributed by atoms with Crippen molar-refractivity contribution < 1.29 is 9.53 Å². The molecule has 158 valence electrons. The third-order valence-electron chi connectivity index (χ3n) is 4.88. The topological polar surface area (TPSA) is 80.0 Å². The minimum Gasteiger partial charge on any atom is -0.496 e. The molecule has 0 fully saturated rings. The zero-order chi connectivity index (χ0) is 21.2. The van der Waals surface area contributed by atoms with Gasteiger partial charge in [0.25, 0.3) is 5.91 Å². The highest BCUT2D eigenvalue weighted by molar-refractivity contribution is 7.10. The van der Waals surface area contributed by atoms with E-state index in [0.29, 0.717) is 12.1 Å². The van der Waals surface area contributed by atoms with E-state index in [4.69, 9.17) is 10.5 Å². The average Bonchev–Trinajstić information content (AvgIpc) is 3.18. The molecular formula is C22H32N4O2S. The molecule has 2 rings (SSSR count). The van der Waals surface area contributed by atoms with Gasteiger partial charge in [0.2, 0.25) is 0 Å². The Morgan fingerprint density at radius 3 is 2.69 bits per heavy atom. The molecule has 2 aromatic rings. The van der Waals surface area contributed by atoms with Crippen LogP contribution in [0.1, 0.15) is 40.2 Å². The maximum absolute atomic E-state index is 12.6. The summed E-state index contributed by atoms with van der Waals surface area (Å²) >= 11 is 1.58. The van der Waals surface area contributed by atoms with Gasteiger partial charge in [-0.15, -0.1) is 11.3 Å². The van der Waals surface area contributed by atoms with E-state index in [1.807, 2.05) is 23.6 Å². The van der Waals surface area contributed by atoms with E-state index >= 15 is 0 Å². The fourth-order valence-electron chi connectivity index (χ4n) is 3.16. The molecule has 0 bridgehead atoms. The van der Waals surface area contributed by atoms with Crippen molar-refractivity contribution in [2.75, 3.05) is 33.3 Å². The van der Waals surface area contributed by atoms with Crippen LogP contribution in [0.25, 0.3) is 0 Å². The van der Waals surface area contributed by atoms with Gasteiger partial charge in [0.15, 0.2) is 5.96 Å². The Morgan fingerprint density at radius 1 is 1.24 bits per heavy atom. The average molecular weight is 417 g/mol. The summed E-state index contributed by atoms with van der Waals surface area (Å²) in [7, 11) is 1.68. The lowest BCUT2D eigenvalue weighted by Gasteiger charge is -2.16. The molecule has 1 heterocycles. The first kappa shape index (κ1) is 22.9. The summed E-state index contributed by atoms with van der Waals surface area (Å²) in [5.74, 6) is 0.837. The molecule has 0 saturated heterocycles. The Labute approximate surface area is 177 Å². The Bertz CT molecular complexity index is 828. The normalized spacial score (nSPS) is 11.7. The second-order valence-corrected chi connectivity index (χ2v) is 7.82. The first-order chi connectivity index (χ1) is 14.0. The standard InChI is InChI=1S/C22H32N4O2S/c1-5-26(6-2)13-12-24-22(23)25-21(27)18-11-14-29-20(18)10-8-17-15-16(3)7-9-19(17)28-4/h7,9,11,14-15H,5-6,8,10,12-13H2,1-4H3,(H3,23,24,25,27). The maximum Gasteiger partial charge on any atom is 0.259 e. The number of aryl methyl sites for hydroxylation is 3. The maximum atomic E-state index is 12.6. The van der Waals surface area contributed by atoms with Crippen LogP contribution in [0.4, 0.5) is 0 Å². The number of thiophene rings is 1. The second kappa shape index (κ2) is 11.6. The van der Waals surface area contributed by atoms with Crippen LogP contribution in [0.3, 0.4) is 0 Å². The highest BCUT2D eigenvalue weighted by Gasteiger charge is 2.15. The quantitative estimate of drug-likeness (QED) is 0.460. The summed E-state index contributed by atoms with van der Waals surface area (Å²) < 4.78 is 5.46. The van der Waals surface area contributed by atoms with E-state index in [2.05, 4.69) is 42.0 Å². The Kier molecular flexibility index (Phi) is 9.15. The van der Waals surface area contributed by atoms with Crippen molar-refractivity contribution in [2.24, 2.45) is 10.7 Å². The van der Waals surface area contributed by atoms with E-state index in [-0.39, 0.29) is 11.9 Å². The second-order valence-electron chi connectivity index (χ2n) is 6.82. The molecule has 0 saturated carbocycles. The van der Waals surface area contributed by atoms with Crippen LogP contribution >= 0.6 is 11.3 Å². The van der Waals surface area contributed by atoms with E-state index in [1.165, 1.54) is 5.56 Å². The lowest BCUT2D eigenvalue weighted by atomic mass is 10.0. The predicted molar refractivity (Wildman–Crippen MR) is 121 cm³/mol. The molecule has 1 aromatic carbocycles. The minimum absolute atomic E-state index is 0.166. The van der Waals surface area contributed by atoms with Crippen molar-refractivity contribution in [3.8, 4) is 5.75 Å². The highest BCUT2D eigenvalue weighted by atomic mass is 32.1. The molecule has 0 radical (unpaired) electrons. The van der Waals surface area contributed by atoms with E-state index in [9.17, 15) is 4.79 Å². The number of likely N-dealkylation sites (N-methyl/N-ethyl adjacent to an activating group) is 1. The highest BCUT2D eigenvalue weighted by Crippen LogP contribution is 2.24. The number of benzene rings is 1. The van der Waals surface area contributed by atoms with Crippen molar-refractivity contribution >= 4 is 23.2 Å². The fourth-order valence-corrected chi connectivity index (χ4v) is 4.04. The van der Waals surface area contributed by atoms with E-state index < -0.39 is 0 Å². The number of nitrogens with one attached hydrogen (secondary N) is 1. The minimum atomic E-state index is -0.207. The van der Waals surface area contributed by atoms with Gasteiger partial charge in [-0.1, -0.05) is 31.5 Å². The molecule has 0 atom stereocenters. The summed E-state index contributed by atoms with van der Waals surface area (Å²) in [6, 6.07) is 8.00. The van der Waals surface area contributed by atoms with Gasteiger partial charge in [-0.2, -0.15) is 0 Å². The SMILES string of the molecule is CCN(CC)CCN=C(N)NC(=O)c1ccsc1CCc1cc(C)ccc1OC. The summed E-state index contributed by atoms with van der Waals surface area (Å²) in [5.41, 5.74) is 8.90. The zero-order valence-electron chi connectivity index (χ0n) is 17.8. The number of hydrogen-bond donors (Lipinski definition) is 2. The van der Waals surface area contributed by atoms with Gasteiger partial charge in [0, 0.05) is 11.4 Å².